The first-order chi connectivity index (χ1) is 10.1. The fraction of sp³-hybridized carbons (Fsp3) is 0.588. The Bertz CT molecular complexity index is 443. The standard InChI is InChI=1S/C17H25NO3/c1-17(13-20-2,14-7-4-3-5-8-14)18-16(19)11-10-15-9-6-12-21-15/h3-5,7-8,15H,6,9-13H2,1-2H3,(H,18,19)/t15-,17-/m0/s1. The number of methoxy groups -OCH3 is 1. The smallest absolute Gasteiger partial charge is 0.220 e. The molecule has 0 spiro atoms. The molecular weight excluding hydrogens is 266 g/mol. The average molecular weight is 291 g/mol. The maximum atomic E-state index is 12.2. The summed E-state index contributed by atoms with van der Waals surface area (Å²) in [4.78, 5) is 12.2. The number of hydrogen-bond donors (Lipinski definition) is 1. The number of ether oxygens (including phenoxy) is 2. The summed E-state index contributed by atoms with van der Waals surface area (Å²) in [6.07, 6.45) is 3.72. The highest BCUT2D eigenvalue weighted by atomic mass is 16.5. The van der Waals surface area contributed by atoms with Crippen molar-refractivity contribution in [2.75, 3.05) is 20.3 Å². The van der Waals surface area contributed by atoms with Crippen molar-refractivity contribution in [2.24, 2.45) is 0 Å². The zero-order chi connectivity index (χ0) is 15.1. The molecule has 1 aliphatic heterocycles. The molecule has 0 aromatic heterocycles. The molecule has 116 valence electrons. The molecule has 2 rings (SSSR count). The number of amides is 1. The minimum Gasteiger partial charge on any atom is -0.382 e. The number of benzene rings is 1. The van der Waals surface area contributed by atoms with Crippen LogP contribution in [-0.2, 0) is 19.8 Å². The lowest BCUT2D eigenvalue weighted by atomic mass is 9.92. The predicted molar refractivity (Wildman–Crippen MR) is 82.0 cm³/mol. The van der Waals surface area contributed by atoms with Gasteiger partial charge in [0.2, 0.25) is 5.91 Å². The first-order valence-corrected chi connectivity index (χ1v) is 7.61. The summed E-state index contributed by atoms with van der Waals surface area (Å²) < 4.78 is 10.9. The molecule has 4 heteroatoms. The molecule has 1 amide bonds. The molecule has 2 atom stereocenters. The van der Waals surface area contributed by atoms with Crippen molar-refractivity contribution in [3.05, 3.63) is 35.9 Å². The summed E-state index contributed by atoms with van der Waals surface area (Å²) in [6.45, 7) is 3.27. The van der Waals surface area contributed by atoms with Gasteiger partial charge in [-0.25, -0.2) is 0 Å². The van der Waals surface area contributed by atoms with Crippen molar-refractivity contribution in [1.29, 1.82) is 0 Å². The Morgan fingerprint density at radius 1 is 1.43 bits per heavy atom. The molecule has 1 fully saturated rings. The third kappa shape index (κ3) is 4.55. The molecule has 1 heterocycles. The van der Waals surface area contributed by atoms with E-state index in [0.29, 0.717) is 13.0 Å². The van der Waals surface area contributed by atoms with Crippen molar-refractivity contribution in [3.8, 4) is 0 Å². The zero-order valence-corrected chi connectivity index (χ0v) is 12.9. The Morgan fingerprint density at radius 3 is 2.81 bits per heavy atom. The van der Waals surface area contributed by atoms with Crippen LogP contribution in [0.2, 0.25) is 0 Å². The van der Waals surface area contributed by atoms with Crippen LogP contribution in [0.1, 0.15) is 38.2 Å². The molecule has 0 aliphatic carbocycles. The Morgan fingerprint density at radius 2 is 2.19 bits per heavy atom. The Balaban J connectivity index is 1.93. The van der Waals surface area contributed by atoms with E-state index in [4.69, 9.17) is 9.47 Å². The van der Waals surface area contributed by atoms with Crippen LogP contribution < -0.4 is 5.32 Å². The number of carbonyl (C=O) groups excluding carboxylic acids is 1. The second kappa shape index (κ2) is 7.57. The van der Waals surface area contributed by atoms with Gasteiger partial charge in [-0.3, -0.25) is 4.79 Å². The minimum atomic E-state index is -0.496. The maximum Gasteiger partial charge on any atom is 0.220 e. The zero-order valence-electron chi connectivity index (χ0n) is 12.9. The minimum absolute atomic E-state index is 0.0499. The predicted octanol–water partition coefficient (Wildman–Crippen LogP) is 2.62. The van der Waals surface area contributed by atoms with Crippen molar-refractivity contribution in [3.63, 3.8) is 0 Å². The maximum absolute atomic E-state index is 12.2. The third-order valence-electron chi connectivity index (χ3n) is 3.98. The number of hydrogen-bond acceptors (Lipinski definition) is 3. The van der Waals surface area contributed by atoms with Crippen molar-refractivity contribution >= 4 is 5.91 Å². The summed E-state index contributed by atoms with van der Waals surface area (Å²) in [5, 5.41) is 3.12. The summed E-state index contributed by atoms with van der Waals surface area (Å²) in [5.41, 5.74) is 0.557. The monoisotopic (exact) mass is 291 g/mol. The third-order valence-corrected chi connectivity index (χ3v) is 3.98. The number of rotatable bonds is 7. The number of carbonyl (C=O) groups is 1. The second-order valence-electron chi connectivity index (χ2n) is 5.85. The fourth-order valence-corrected chi connectivity index (χ4v) is 2.82. The quantitative estimate of drug-likeness (QED) is 0.840. The first-order valence-electron chi connectivity index (χ1n) is 7.61. The topological polar surface area (TPSA) is 47.6 Å². The van der Waals surface area contributed by atoms with Crippen molar-refractivity contribution in [1.82, 2.24) is 5.32 Å². The van der Waals surface area contributed by atoms with Crippen LogP contribution in [0, 0.1) is 0 Å². The van der Waals surface area contributed by atoms with Gasteiger partial charge in [0.1, 0.15) is 0 Å². The van der Waals surface area contributed by atoms with E-state index in [9.17, 15) is 4.79 Å². The normalized spacial score (nSPS) is 21.0. The van der Waals surface area contributed by atoms with E-state index in [0.717, 1.165) is 31.4 Å². The van der Waals surface area contributed by atoms with Crippen LogP contribution in [0.25, 0.3) is 0 Å². The van der Waals surface area contributed by atoms with Gasteiger partial charge in [-0.05, 0) is 31.7 Å². The highest BCUT2D eigenvalue weighted by Crippen LogP contribution is 2.22. The van der Waals surface area contributed by atoms with Crippen LogP contribution in [0.3, 0.4) is 0 Å². The lowest BCUT2D eigenvalue weighted by Crippen LogP contribution is -2.46. The molecule has 0 radical (unpaired) electrons. The van der Waals surface area contributed by atoms with E-state index in [1.165, 1.54) is 0 Å². The summed E-state index contributed by atoms with van der Waals surface area (Å²) >= 11 is 0. The van der Waals surface area contributed by atoms with Gasteiger partial charge in [-0.15, -0.1) is 0 Å². The molecular formula is C17H25NO3. The first kappa shape index (κ1) is 16.0. The van der Waals surface area contributed by atoms with Crippen LogP contribution in [0.15, 0.2) is 30.3 Å². The molecule has 1 saturated heterocycles. The largest absolute Gasteiger partial charge is 0.382 e. The molecule has 1 N–H and O–H groups in total. The van der Waals surface area contributed by atoms with Crippen LogP contribution >= 0.6 is 0 Å². The van der Waals surface area contributed by atoms with Crippen LogP contribution in [-0.4, -0.2) is 32.3 Å². The van der Waals surface area contributed by atoms with Gasteiger partial charge in [0, 0.05) is 20.1 Å². The summed E-state index contributed by atoms with van der Waals surface area (Å²) in [6, 6.07) is 9.94. The second-order valence-corrected chi connectivity index (χ2v) is 5.85. The van der Waals surface area contributed by atoms with Gasteiger partial charge < -0.3 is 14.8 Å². The summed E-state index contributed by atoms with van der Waals surface area (Å²) in [5.74, 6) is 0.0499. The van der Waals surface area contributed by atoms with E-state index >= 15 is 0 Å². The molecule has 21 heavy (non-hydrogen) atoms. The highest BCUT2D eigenvalue weighted by Gasteiger charge is 2.28. The van der Waals surface area contributed by atoms with Crippen LogP contribution in [0.5, 0.6) is 0 Å². The van der Waals surface area contributed by atoms with Gasteiger partial charge in [0.25, 0.3) is 0 Å². The summed E-state index contributed by atoms with van der Waals surface area (Å²) in [7, 11) is 1.65. The van der Waals surface area contributed by atoms with Gasteiger partial charge in [0.15, 0.2) is 0 Å². The van der Waals surface area contributed by atoms with Gasteiger partial charge in [-0.2, -0.15) is 0 Å². The van der Waals surface area contributed by atoms with E-state index in [-0.39, 0.29) is 12.0 Å². The molecule has 4 nitrogen and oxygen atoms in total. The SMILES string of the molecule is COC[C@](C)(NC(=O)CC[C@@H]1CCCO1)c1ccccc1. The Labute approximate surface area is 126 Å². The lowest BCUT2D eigenvalue weighted by Gasteiger charge is -2.31. The molecule has 1 aromatic rings. The molecule has 0 saturated carbocycles. The Kier molecular flexibility index (Phi) is 5.76. The highest BCUT2D eigenvalue weighted by molar-refractivity contribution is 5.77. The van der Waals surface area contributed by atoms with Crippen LogP contribution in [0.4, 0.5) is 0 Å². The van der Waals surface area contributed by atoms with Crippen molar-refractivity contribution < 1.29 is 14.3 Å². The number of nitrogens with one attached hydrogen (secondary N) is 1. The molecule has 1 aliphatic rings. The van der Waals surface area contributed by atoms with Crippen molar-refractivity contribution in [2.45, 2.75) is 44.2 Å². The lowest BCUT2D eigenvalue weighted by molar-refractivity contribution is -0.124. The average Bonchev–Trinajstić information content (AvgIpc) is 3.00. The van der Waals surface area contributed by atoms with E-state index in [1.54, 1.807) is 7.11 Å². The van der Waals surface area contributed by atoms with E-state index < -0.39 is 5.54 Å². The van der Waals surface area contributed by atoms with Gasteiger partial charge in [0.05, 0.1) is 18.2 Å². The molecule has 1 aromatic carbocycles. The van der Waals surface area contributed by atoms with E-state index in [2.05, 4.69) is 5.32 Å². The van der Waals surface area contributed by atoms with Gasteiger partial charge >= 0.3 is 0 Å². The molecule has 0 unspecified atom stereocenters. The van der Waals surface area contributed by atoms with E-state index in [1.807, 2.05) is 37.3 Å². The fourth-order valence-electron chi connectivity index (χ4n) is 2.82. The Hall–Kier alpha value is -1.39. The molecule has 0 bridgehead atoms. The van der Waals surface area contributed by atoms with Gasteiger partial charge in [-0.1, -0.05) is 30.3 Å².